The zero-order valence-electron chi connectivity index (χ0n) is 12.1. The second kappa shape index (κ2) is 7.80. The molecule has 1 aliphatic rings. The molecule has 0 atom stereocenters. The summed E-state index contributed by atoms with van der Waals surface area (Å²) < 4.78 is 13.7. The highest BCUT2D eigenvalue weighted by atomic mass is 19.1. The topological polar surface area (TPSA) is 55.1 Å². The van der Waals surface area contributed by atoms with Gasteiger partial charge in [0, 0.05) is 12.1 Å². The van der Waals surface area contributed by atoms with Crippen molar-refractivity contribution in [2.45, 2.75) is 32.1 Å². The van der Waals surface area contributed by atoms with E-state index in [0.717, 1.165) is 6.42 Å². The Labute approximate surface area is 125 Å². The number of benzene rings is 1. The van der Waals surface area contributed by atoms with Gasteiger partial charge in [0.2, 0.25) is 0 Å². The maximum atomic E-state index is 13.7. The molecule has 1 amide bonds. The van der Waals surface area contributed by atoms with Crippen molar-refractivity contribution < 1.29 is 9.18 Å². The van der Waals surface area contributed by atoms with E-state index in [1.165, 1.54) is 37.8 Å². The van der Waals surface area contributed by atoms with Crippen LogP contribution >= 0.6 is 0 Å². The quantitative estimate of drug-likeness (QED) is 0.836. The number of hydrogen-bond donors (Lipinski definition) is 2. The van der Waals surface area contributed by atoms with Crippen LogP contribution in [0, 0.1) is 23.6 Å². The molecule has 21 heavy (non-hydrogen) atoms. The van der Waals surface area contributed by atoms with E-state index in [2.05, 4.69) is 17.2 Å². The van der Waals surface area contributed by atoms with Gasteiger partial charge in [-0.15, -0.1) is 0 Å². The number of nitrogens with one attached hydrogen (secondary N) is 1. The minimum absolute atomic E-state index is 0.0465. The molecule has 0 heterocycles. The Morgan fingerprint density at radius 2 is 2.14 bits per heavy atom. The molecule has 1 saturated carbocycles. The van der Waals surface area contributed by atoms with Crippen molar-refractivity contribution in [2.24, 2.45) is 11.7 Å². The van der Waals surface area contributed by atoms with Gasteiger partial charge in [-0.05, 0) is 30.5 Å². The first kappa shape index (κ1) is 15.5. The zero-order valence-corrected chi connectivity index (χ0v) is 12.1. The fraction of sp³-hybridized carbons (Fsp3) is 0.471. The molecule has 3 N–H and O–H groups in total. The summed E-state index contributed by atoms with van der Waals surface area (Å²) in [6, 6.07) is 4.29. The van der Waals surface area contributed by atoms with Crippen molar-refractivity contribution in [1.82, 2.24) is 5.32 Å². The van der Waals surface area contributed by atoms with Crippen LogP contribution in [0.5, 0.6) is 0 Å². The van der Waals surface area contributed by atoms with Crippen molar-refractivity contribution >= 4 is 5.91 Å². The van der Waals surface area contributed by atoms with Gasteiger partial charge in [0.05, 0.1) is 12.1 Å². The van der Waals surface area contributed by atoms with E-state index >= 15 is 0 Å². The first-order valence-electron chi connectivity index (χ1n) is 7.47. The third kappa shape index (κ3) is 4.57. The lowest BCUT2D eigenvalue weighted by atomic mass is 10.0. The molecular formula is C17H21FN2O. The van der Waals surface area contributed by atoms with Crippen LogP contribution in [0.15, 0.2) is 18.2 Å². The Morgan fingerprint density at radius 3 is 2.86 bits per heavy atom. The van der Waals surface area contributed by atoms with Crippen LogP contribution in [0.4, 0.5) is 4.39 Å². The molecule has 0 aliphatic heterocycles. The minimum atomic E-state index is -0.522. The van der Waals surface area contributed by atoms with Gasteiger partial charge in [-0.25, -0.2) is 4.39 Å². The van der Waals surface area contributed by atoms with E-state index in [4.69, 9.17) is 5.73 Å². The summed E-state index contributed by atoms with van der Waals surface area (Å²) in [7, 11) is 0. The lowest BCUT2D eigenvalue weighted by molar-refractivity contribution is 0.0947. The van der Waals surface area contributed by atoms with Gasteiger partial charge in [0.25, 0.3) is 5.91 Å². The van der Waals surface area contributed by atoms with Crippen molar-refractivity contribution in [3.63, 3.8) is 0 Å². The molecule has 0 radical (unpaired) electrons. The third-order valence-corrected chi connectivity index (χ3v) is 3.86. The Morgan fingerprint density at radius 1 is 1.38 bits per heavy atom. The van der Waals surface area contributed by atoms with Crippen LogP contribution in [0.1, 0.15) is 48.0 Å². The number of rotatable bonds is 4. The highest BCUT2D eigenvalue weighted by molar-refractivity contribution is 5.94. The van der Waals surface area contributed by atoms with Crippen LogP contribution < -0.4 is 11.1 Å². The summed E-state index contributed by atoms with van der Waals surface area (Å²) in [6.45, 7) is 0.835. The molecule has 1 fully saturated rings. The fourth-order valence-electron chi connectivity index (χ4n) is 2.71. The molecule has 0 saturated heterocycles. The monoisotopic (exact) mass is 288 g/mol. The number of carbonyl (C=O) groups is 1. The van der Waals surface area contributed by atoms with Crippen molar-refractivity contribution in [3.05, 3.63) is 35.1 Å². The normalized spacial score (nSPS) is 14.6. The van der Waals surface area contributed by atoms with Gasteiger partial charge in [0.15, 0.2) is 0 Å². The molecule has 0 bridgehead atoms. The Bertz CT molecular complexity index is 554. The molecule has 1 aromatic rings. The Kier molecular flexibility index (Phi) is 5.77. The predicted octanol–water partition coefficient (Wildman–Crippen LogP) is 2.45. The predicted molar refractivity (Wildman–Crippen MR) is 81.2 cm³/mol. The molecule has 112 valence electrons. The molecule has 0 spiro atoms. The second-order valence-corrected chi connectivity index (χ2v) is 5.40. The molecule has 1 aliphatic carbocycles. The third-order valence-electron chi connectivity index (χ3n) is 3.86. The van der Waals surface area contributed by atoms with E-state index in [9.17, 15) is 9.18 Å². The molecule has 2 rings (SSSR count). The first-order chi connectivity index (χ1) is 10.2. The maximum absolute atomic E-state index is 13.7. The van der Waals surface area contributed by atoms with Gasteiger partial charge < -0.3 is 11.1 Å². The van der Waals surface area contributed by atoms with Crippen molar-refractivity contribution in [2.75, 3.05) is 13.1 Å². The highest BCUT2D eigenvalue weighted by Crippen LogP contribution is 2.26. The molecule has 4 heteroatoms. The Balaban J connectivity index is 1.94. The van der Waals surface area contributed by atoms with Crippen LogP contribution in [0.3, 0.4) is 0 Å². The molecule has 0 unspecified atom stereocenters. The second-order valence-electron chi connectivity index (χ2n) is 5.40. The highest BCUT2D eigenvalue weighted by Gasteiger charge is 2.16. The summed E-state index contributed by atoms with van der Waals surface area (Å²) >= 11 is 0. The van der Waals surface area contributed by atoms with Crippen LogP contribution in [0.2, 0.25) is 0 Å². The summed E-state index contributed by atoms with van der Waals surface area (Å²) in [6.07, 6.45) is 6.03. The number of carbonyl (C=O) groups excluding carboxylic acids is 1. The van der Waals surface area contributed by atoms with E-state index in [1.807, 2.05) is 0 Å². The van der Waals surface area contributed by atoms with Gasteiger partial charge >= 0.3 is 0 Å². The lowest BCUT2D eigenvalue weighted by Gasteiger charge is -2.10. The van der Waals surface area contributed by atoms with E-state index in [0.29, 0.717) is 18.0 Å². The van der Waals surface area contributed by atoms with Crippen LogP contribution in [-0.4, -0.2) is 19.0 Å². The zero-order chi connectivity index (χ0) is 15.1. The standard InChI is InChI=1S/C17H21FN2O/c18-16-8-7-14(6-3-10-19)12-15(16)17(21)20-11-9-13-4-1-2-5-13/h7-8,12-13H,1-2,4-5,9-11,19H2,(H,20,21). The number of hydrogen-bond acceptors (Lipinski definition) is 2. The van der Waals surface area contributed by atoms with Crippen LogP contribution in [0.25, 0.3) is 0 Å². The average molecular weight is 288 g/mol. The number of nitrogens with two attached hydrogens (primary N) is 1. The smallest absolute Gasteiger partial charge is 0.254 e. The number of amides is 1. The van der Waals surface area contributed by atoms with E-state index in [1.54, 1.807) is 6.07 Å². The fourth-order valence-corrected chi connectivity index (χ4v) is 2.71. The first-order valence-corrected chi connectivity index (χ1v) is 7.47. The van der Waals surface area contributed by atoms with Crippen LogP contribution in [-0.2, 0) is 0 Å². The molecule has 3 nitrogen and oxygen atoms in total. The van der Waals surface area contributed by atoms with Gasteiger partial charge in [-0.2, -0.15) is 0 Å². The van der Waals surface area contributed by atoms with Gasteiger partial charge in [0.1, 0.15) is 5.82 Å². The lowest BCUT2D eigenvalue weighted by Crippen LogP contribution is -2.26. The molecule has 0 aromatic heterocycles. The largest absolute Gasteiger partial charge is 0.352 e. The molecule has 1 aromatic carbocycles. The summed E-state index contributed by atoms with van der Waals surface area (Å²) in [5.41, 5.74) is 5.95. The van der Waals surface area contributed by atoms with E-state index in [-0.39, 0.29) is 18.0 Å². The minimum Gasteiger partial charge on any atom is -0.352 e. The maximum Gasteiger partial charge on any atom is 0.254 e. The van der Waals surface area contributed by atoms with Crippen molar-refractivity contribution in [1.29, 1.82) is 0 Å². The van der Waals surface area contributed by atoms with Gasteiger partial charge in [-0.3, -0.25) is 4.79 Å². The number of halogens is 1. The van der Waals surface area contributed by atoms with Crippen molar-refractivity contribution in [3.8, 4) is 11.8 Å². The van der Waals surface area contributed by atoms with E-state index < -0.39 is 5.82 Å². The Hall–Kier alpha value is -1.86. The molecular weight excluding hydrogens is 267 g/mol. The summed E-state index contributed by atoms with van der Waals surface area (Å²) in [5.74, 6) is 5.31. The summed E-state index contributed by atoms with van der Waals surface area (Å²) in [4.78, 5) is 12.0. The SMILES string of the molecule is NCC#Cc1ccc(F)c(C(=O)NCCC2CCCC2)c1. The van der Waals surface area contributed by atoms with Gasteiger partial charge in [-0.1, -0.05) is 37.5 Å². The average Bonchev–Trinajstić information content (AvgIpc) is 2.99. The summed E-state index contributed by atoms with van der Waals surface area (Å²) in [5, 5.41) is 2.80.